The Kier molecular flexibility index (Phi) is 6.37. The van der Waals surface area contributed by atoms with Gasteiger partial charge in [-0.3, -0.25) is 9.69 Å². The molecule has 21 heavy (non-hydrogen) atoms. The molecule has 0 radical (unpaired) electrons. The summed E-state index contributed by atoms with van der Waals surface area (Å²) in [6.45, 7) is 7.77. The first kappa shape index (κ1) is 17.7. The lowest BCUT2D eigenvalue weighted by Gasteiger charge is -2.27. The molecule has 1 aromatic rings. The topological polar surface area (TPSA) is 49.8 Å². The molecule has 0 spiro atoms. The highest BCUT2D eigenvalue weighted by molar-refractivity contribution is 5.72. The second kappa shape index (κ2) is 7.57. The first-order valence-corrected chi connectivity index (χ1v) is 7.30. The molecule has 4 nitrogen and oxygen atoms in total. The van der Waals surface area contributed by atoms with Gasteiger partial charge in [-0.1, -0.05) is 29.8 Å². The lowest BCUT2D eigenvalue weighted by atomic mass is 10.0. The van der Waals surface area contributed by atoms with Gasteiger partial charge < -0.3 is 9.84 Å². The molecular formula is C17H27NO3. The van der Waals surface area contributed by atoms with E-state index in [0.29, 0.717) is 6.42 Å². The normalized spacial score (nSPS) is 13.3. The van der Waals surface area contributed by atoms with E-state index in [1.165, 1.54) is 5.56 Å². The maximum Gasteiger partial charge on any atom is 0.320 e. The van der Waals surface area contributed by atoms with Gasteiger partial charge >= 0.3 is 5.97 Å². The summed E-state index contributed by atoms with van der Waals surface area (Å²) in [6, 6.07) is 8.12. The number of aliphatic hydroxyl groups excluding tert-OH is 1. The minimum Gasteiger partial charge on any atom is -0.459 e. The third-order valence-electron chi connectivity index (χ3n) is 3.22. The van der Waals surface area contributed by atoms with Gasteiger partial charge in [0.15, 0.2) is 0 Å². The van der Waals surface area contributed by atoms with Crippen LogP contribution in [0.1, 0.15) is 31.9 Å². The number of likely N-dealkylation sites (N-methyl/N-ethyl adjacent to an activating group) is 1. The monoisotopic (exact) mass is 293 g/mol. The van der Waals surface area contributed by atoms with Crippen molar-refractivity contribution in [2.24, 2.45) is 0 Å². The van der Waals surface area contributed by atoms with Gasteiger partial charge in [-0.05, 0) is 46.7 Å². The molecule has 0 saturated carbocycles. The van der Waals surface area contributed by atoms with E-state index in [1.807, 2.05) is 39.6 Å². The summed E-state index contributed by atoms with van der Waals surface area (Å²) in [5.41, 5.74) is 1.88. The lowest BCUT2D eigenvalue weighted by molar-refractivity contribution is -0.156. The molecule has 1 aromatic carbocycles. The van der Waals surface area contributed by atoms with Crippen molar-refractivity contribution in [3.8, 4) is 0 Å². The van der Waals surface area contributed by atoms with Crippen molar-refractivity contribution in [3.63, 3.8) is 0 Å². The summed E-state index contributed by atoms with van der Waals surface area (Å²) in [4.78, 5) is 13.7. The molecule has 1 N–H and O–H groups in total. The smallest absolute Gasteiger partial charge is 0.320 e. The minimum absolute atomic E-state index is 0.00712. The Hall–Kier alpha value is -1.39. The van der Waals surface area contributed by atoms with Crippen molar-refractivity contribution in [2.45, 2.75) is 45.8 Å². The van der Waals surface area contributed by atoms with E-state index < -0.39 is 5.60 Å². The second-order valence-corrected chi connectivity index (χ2v) is 6.53. The van der Waals surface area contributed by atoms with Crippen LogP contribution >= 0.6 is 0 Å². The van der Waals surface area contributed by atoms with E-state index in [9.17, 15) is 9.90 Å². The van der Waals surface area contributed by atoms with Gasteiger partial charge in [-0.2, -0.15) is 0 Å². The average molecular weight is 293 g/mol. The van der Waals surface area contributed by atoms with Crippen molar-refractivity contribution in [3.05, 3.63) is 35.4 Å². The Bertz CT molecular complexity index is 448. The molecule has 4 heteroatoms. The molecule has 0 saturated heterocycles. The minimum atomic E-state index is -0.483. The number of hydrogen-bond donors (Lipinski definition) is 1. The standard InChI is InChI=1S/C17H27NO3/c1-13-6-8-14(9-7-13)10-15(12-19)18(5)11-16(20)21-17(2,3)4/h6-9,15,19H,10-12H2,1-5H3/t15-/m0/s1. The van der Waals surface area contributed by atoms with E-state index in [2.05, 4.69) is 24.3 Å². The molecule has 0 bridgehead atoms. The third kappa shape index (κ3) is 6.74. The van der Waals surface area contributed by atoms with Crippen LogP contribution in [0.3, 0.4) is 0 Å². The fraction of sp³-hybridized carbons (Fsp3) is 0.588. The molecule has 0 aliphatic carbocycles. The highest BCUT2D eigenvalue weighted by Gasteiger charge is 2.21. The number of hydrogen-bond acceptors (Lipinski definition) is 4. The van der Waals surface area contributed by atoms with E-state index in [1.54, 1.807) is 0 Å². The molecule has 0 heterocycles. The van der Waals surface area contributed by atoms with Crippen LogP contribution < -0.4 is 0 Å². The molecule has 0 amide bonds. The van der Waals surface area contributed by atoms with Crippen molar-refractivity contribution < 1.29 is 14.6 Å². The zero-order valence-corrected chi connectivity index (χ0v) is 13.7. The number of benzene rings is 1. The molecule has 0 aromatic heterocycles. The number of aryl methyl sites for hydroxylation is 1. The zero-order chi connectivity index (χ0) is 16.0. The fourth-order valence-electron chi connectivity index (χ4n) is 2.06. The van der Waals surface area contributed by atoms with Gasteiger partial charge in [-0.25, -0.2) is 0 Å². The third-order valence-corrected chi connectivity index (χ3v) is 3.22. The maximum absolute atomic E-state index is 11.8. The molecule has 1 atom stereocenters. The summed E-state index contributed by atoms with van der Waals surface area (Å²) >= 11 is 0. The molecule has 0 unspecified atom stereocenters. The largest absolute Gasteiger partial charge is 0.459 e. The predicted octanol–water partition coefficient (Wildman–Crippen LogP) is 2.17. The highest BCUT2D eigenvalue weighted by atomic mass is 16.6. The number of nitrogens with zero attached hydrogens (tertiary/aromatic N) is 1. The van der Waals surface area contributed by atoms with E-state index >= 15 is 0 Å². The van der Waals surface area contributed by atoms with Crippen LogP contribution in [0.5, 0.6) is 0 Å². The van der Waals surface area contributed by atoms with Crippen molar-refractivity contribution in [2.75, 3.05) is 20.2 Å². The van der Waals surface area contributed by atoms with Crippen LogP contribution in [0.25, 0.3) is 0 Å². The number of rotatable bonds is 6. The summed E-state index contributed by atoms with van der Waals surface area (Å²) in [6.07, 6.45) is 0.704. The summed E-state index contributed by atoms with van der Waals surface area (Å²) in [5, 5.41) is 9.56. The van der Waals surface area contributed by atoms with Gasteiger partial charge in [0.25, 0.3) is 0 Å². The Morgan fingerprint density at radius 1 is 1.29 bits per heavy atom. The first-order valence-electron chi connectivity index (χ1n) is 7.30. The molecule has 1 rings (SSSR count). The van der Waals surface area contributed by atoms with Gasteiger partial charge in [0.1, 0.15) is 5.60 Å². The van der Waals surface area contributed by atoms with Crippen LogP contribution in [-0.2, 0) is 16.0 Å². The average Bonchev–Trinajstić information content (AvgIpc) is 2.35. The van der Waals surface area contributed by atoms with Crippen LogP contribution in [-0.4, -0.2) is 47.8 Å². The number of ether oxygens (including phenoxy) is 1. The number of carbonyl (C=O) groups excluding carboxylic acids is 1. The van der Waals surface area contributed by atoms with E-state index in [0.717, 1.165) is 5.56 Å². The van der Waals surface area contributed by atoms with Gasteiger partial charge in [-0.15, -0.1) is 0 Å². The molecule has 0 fully saturated rings. The van der Waals surface area contributed by atoms with Gasteiger partial charge in [0, 0.05) is 6.04 Å². The number of carbonyl (C=O) groups is 1. The Morgan fingerprint density at radius 2 is 1.86 bits per heavy atom. The van der Waals surface area contributed by atoms with Crippen molar-refractivity contribution >= 4 is 5.97 Å². The van der Waals surface area contributed by atoms with Crippen LogP contribution in [0, 0.1) is 6.92 Å². The fourth-order valence-corrected chi connectivity index (χ4v) is 2.06. The highest BCUT2D eigenvalue weighted by Crippen LogP contribution is 2.11. The molecular weight excluding hydrogens is 266 g/mol. The van der Waals surface area contributed by atoms with Crippen molar-refractivity contribution in [1.29, 1.82) is 0 Å². The number of aliphatic hydroxyl groups is 1. The van der Waals surface area contributed by atoms with Gasteiger partial charge in [0.05, 0.1) is 13.2 Å². The van der Waals surface area contributed by atoms with Crippen LogP contribution in [0.2, 0.25) is 0 Å². The maximum atomic E-state index is 11.8. The molecule has 0 aliphatic rings. The molecule has 0 aliphatic heterocycles. The van der Waals surface area contributed by atoms with E-state index in [-0.39, 0.29) is 25.2 Å². The SMILES string of the molecule is Cc1ccc(C[C@@H](CO)N(C)CC(=O)OC(C)(C)C)cc1. The lowest BCUT2D eigenvalue weighted by Crippen LogP contribution is -2.41. The zero-order valence-electron chi connectivity index (χ0n) is 13.7. The Balaban J connectivity index is 2.58. The summed E-state index contributed by atoms with van der Waals surface area (Å²) < 4.78 is 5.31. The predicted molar refractivity (Wildman–Crippen MR) is 84.2 cm³/mol. The number of esters is 1. The van der Waals surface area contributed by atoms with Crippen LogP contribution in [0.15, 0.2) is 24.3 Å². The second-order valence-electron chi connectivity index (χ2n) is 6.53. The summed E-state index contributed by atoms with van der Waals surface area (Å²) in [7, 11) is 1.83. The summed E-state index contributed by atoms with van der Waals surface area (Å²) in [5.74, 6) is -0.271. The molecule has 118 valence electrons. The first-order chi connectivity index (χ1) is 9.71. The quantitative estimate of drug-likeness (QED) is 0.817. The van der Waals surface area contributed by atoms with Crippen molar-refractivity contribution in [1.82, 2.24) is 4.90 Å². The van der Waals surface area contributed by atoms with Crippen LogP contribution in [0.4, 0.5) is 0 Å². The van der Waals surface area contributed by atoms with E-state index in [4.69, 9.17) is 4.74 Å². The Labute approximate surface area is 127 Å². The Morgan fingerprint density at radius 3 is 2.33 bits per heavy atom. The van der Waals surface area contributed by atoms with Gasteiger partial charge in [0.2, 0.25) is 0 Å².